The Morgan fingerprint density at radius 2 is 1.82 bits per heavy atom. The summed E-state index contributed by atoms with van der Waals surface area (Å²) in [5.74, 6) is 0.106. The highest BCUT2D eigenvalue weighted by Gasteiger charge is 2.31. The van der Waals surface area contributed by atoms with Gasteiger partial charge in [-0.1, -0.05) is 43.3 Å². The quantitative estimate of drug-likeness (QED) is 0.408. The molecule has 0 saturated carbocycles. The number of anilines is 1. The number of carbonyl (C=O) groups excluding carboxylic acids is 1. The molecule has 2 aromatic carbocycles. The van der Waals surface area contributed by atoms with Crippen molar-refractivity contribution >= 4 is 40.5 Å². The minimum Gasteiger partial charge on any atom is -0.399 e. The molecule has 0 aliphatic carbocycles. The van der Waals surface area contributed by atoms with Crippen molar-refractivity contribution < 1.29 is 13.6 Å². The maximum atomic E-state index is 11.7. The molecule has 0 saturated heterocycles. The van der Waals surface area contributed by atoms with Gasteiger partial charge >= 0.3 is 0 Å². The first kappa shape index (κ1) is 20.6. The number of benzene rings is 2. The van der Waals surface area contributed by atoms with Crippen molar-refractivity contribution in [1.29, 1.82) is 0 Å². The normalized spacial score (nSPS) is 20.5. The van der Waals surface area contributed by atoms with Gasteiger partial charge in [0, 0.05) is 5.69 Å². The van der Waals surface area contributed by atoms with Crippen molar-refractivity contribution in [2.75, 3.05) is 5.73 Å². The fourth-order valence-electron chi connectivity index (χ4n) is 3.05. The number of aldehydes is 1. The number of nitrogens with zero attached hydrogens (tertiary/aromatic N) is 2. The van der Waals surface area contributed by atoms with Crippen LogP contribution in [0.1, 0.15) is 30.0 Å². The van der Waals surface area contributed by atoms with Crippen LogP contribution in [0.25, 0.3) is 0 Å². The molecule has 0 fully saturated rings. The van der Waals surface area contributed by atoms with E-state index in [1.54, 1.807) is 16.8 Å². The number of hydrogen-bond donors (Lipinski definition) is 2. The predicted molar refractivity (Wildman–Crippen MR) is 115 cm³/mol. The minimum atomic E-state index is -1.86. The second kappa shape index (κ2) is 9.36. The highest BCUT2D eigenvalue weighted by Crippen LogP contribution is 2.32. The molecule has 0 radical (unpaired) electrons. The fourth-order valence-corrected chi connectivity index (χ4v) is 4.69. The molecule has 0 bridgehead atoms. The lowest BCUT2D eigenvalue weighted by Crippen LogP contribution is -2.39. The van der Waals surface area contributed by atoms with Crippen LogP contribution >= 0.6 is 11.8 Å². The zero-order valence-electron chi connectivity index (χ0n) is 15.5. The standard InChI is InChI=1S/C20H23N3O3S2/c1-2-18-20(16-7-3-15(4-8-16)13-28(25)26)22-23(19(12-24)27-18)11-14-5-9-17(21)10-6-14/h3-10,12,18-19H,2,11,13,21H2,1H3,(H,25,26). The summed E-state index contributed by atoms with van der Waals surface area (Å²) in [6, 6.07) is 15.1. The Balaban J connectivity index is 1.89. The molecule has 3 unspecified atom stereocenters. The van der Waals surface area contributed by atoms with Crippen LogP contribution in [0.5, 0.6) is 0 Å². The van der Waals surface area contributed by atoms with E-state index in [0.29, 0.717) is 12.2 Å². The topological polar surface area (TPSA) is 96.0 Å². The Morgan fingerprint density at radius 1 is 1.18 bits per heavy atom. The third kappa shape index (κ3) is 5.01. The second-order valence-corrected chi connectivity index (χ2v) is 8.80. The first-order valence-corrected chi connectivity index (χ1v) is 11.2. The maximum absolute atomic E-state index is 11.7. The van der Waals surface area contributed by atoms with Gasteiger partial charge in [0.25, 0.3) is 0 Å². The fraction of sp³-hybridized carbons (Fsp3) is 0.300. The van der Waals surface area contributed by atoms with Crippen LogP contribution in [0.15, 0.2) is 53.6 Å². The van der Waals surface area contributed by atoms with E-state index in [-0.39, 0.29) is 16.4 Å². The second-order valence-electron chi connectivity index (χ2n) is 6.55. The van der Waals surface area contributed by atoms with E-state index in [1.807, 2.05) is 48.5 Å². The Bertz CT molecular complexity index is 869. The summed E-state index contributed by atoms with van der Waals surface area (Å²) < 4.78 is 20.0. The van der Waals surface area contributed by atoms with Crippen LogP contribution < -0.4 is 5.73 Å². The highest BCUT2D eigenvalue weighted by atomic mass is 32.2. The van der Waals surface area contributed by atoms with Gasteiger partial charge in [-0.15, -0.1) is 11.8 Å². The van der Waals surface area contributed by atoms with Gasteiger partial charge in [-0.05, 0) is 35.2 Å². The van der Waals surface area contributed by atoms with E-state index in [0.717, 1.165) is 35.1 Å². The summed E-state index contributed by atoms with van der Waals surface area (Å²) >= 11 is -0.269. The zero-order chi connectivity index (χ0) is 20.1. The SMILES string of the molecule is CCC1SC(C=O)N(Cc2ccc(N)cc2)N=C1c1ccc(CS(=O)O)cc1. The van der Waals surface area contributed by atoms with Gasteiger partial charge in [0.2, 0.25) is 0 Å². The molecule has 28 heavy (non-hydrogen) atoms. The molecule has 8 heteroatoms. The van der Waals surface area contributed by atoms with Gasteiger partial charge in [-0.2, -0.15) is 5.10 Å². The van der Waals surface area contributed by atoms with E-state index < -0.39 is 11.1 Å². The van der Waals surface area contributed by atoms with Gasteiger partial charge in [-0.3, -0.25) is 5.01 Å². The molecule has 0 amide bonds. The number of hydrogen-bond acceptors (Lipinski definition) is 6. The number of rotatable bonds is 7. The summed E-state index contributed by atoms with van der Waals surface area (Å²) in [6.45, 7) is 2.59. The Labute approximate surface area is 171 Å². The number of carbonyl (C=O) groups is 1. The Hall–Kier alpha value is -2.16. The summed E-state index contributed by atoms with van der Waals surface area (Å²) in [5.41, 5.74) is 10.1. The molecule has 3 rings (SSSR count). The van der Waals surface area contributed by atoms with E-state index in [4.69, 9.17) is 15.4 Å². The monoisotopic (exact) mass is 417 g/mol. The third-order valence-corrected chi connectivity index (χ3v) is 6.59. The molecule has 3 atom stereocenters. The van der Waals surface area contributed by atoms with Crippen LogP contribution in [0.2, 0.25) is 0 Å². The van der Waals surface area contributed by atoms with E-state index >= 15 is 0 Å². The third-order valence-electron chi connectivity index (χ3n) is 4.49. The molecule has 1 heterocycles. The summed E-state index contributed by atoms with van der Waals surface area (Å²) in [7, 11) is 0. The predicted octanol–water partition coefficient (Wildman–Crippen LogP) is 3.25. The molecule has 2 aromatic rings. The molecule has 1 aliphatic rings. The van der Waals surface area contributed by atoms with Crippen molar-refractivity contribution in [2.24, 2.45) is 5.10 Å². The molecule has 6 nitrogen and oxygen atoms in total. The average Bonchev–Trinajstić information content (AvgIpc) is 2.69. The lowest BCUT2D eigenvalue weighted by molar-refractivity contribution is -0.110. The lowest BCUT2D eigenvalue weighted by Gasteiger charge is -2.34. The highest BCUT2D eigenvalue weighted by molar-refractivity contribution is 8.01. The minimum absolute atomic E-state index is 0.106. The summed E-state index contributed by atoms with van der Waals surface area (Å²) in [6.07, 6.45) is 1.79. The maximum Gasteiger partial charge on any atom is 0.157 e. The van der Waals surface area contributed by atoms with Crippen LogP contribution in [-0.4, -0.2) is 36.4 Å². The van der Waals surface area contributed by atoms with Crippen LogP contribution in [0.4, 0.5) is 5.69 Å². The molecule has 0 aromatic heterocycles. The first-order chi connectivity index (χ1) is 13.5. The van der Waals surface area contributed by atoms with Crippen LogP contribution in [-0.2, 0) is 28.2 Å². The zero-order valence-corrected chi connectivity index (χ0v) is 17.2. The van der Waals surface area contributed by atoms with E-state index in [9.17, 15) is 9.00 Å². The van der Waals surface area contributed by atoms with Crippen molar-refractivity contribution in [2.45, 2.75) is 36.3 Å². The van der Waals surface area contributed by atoms with Gasteiger partial charge in [0.1, 0.15) is 5.37 Å². The van der Waals surface area contributed by atoms with Crippen molar-refractivity contribution in [1.82, 2.24) is 5.01 Å². The van der Waals surface area contributed by atoms with Gasteiger partial charge in [0.05, 0.1) is 23.3 Å². The van der Waals surface area contributed by atoms with Crippen molar-refractivity contribution in [3.05, 3.63) is 65.2 Å². The Morgan fingerprint density at radius 3 is 2.39 bits per heavy atom. The average molecular weight is 418 g/mol. The lowest BCUT2D eigenvalue weighted by atomic mass is 10.0. The van der Waals surface area contributed by atoms with Crippen molar-refractivity contribution in [3.8, 4) is 0 Å². The smallest absolute Gasteiger partial charge is 0.157 e. The number of nitrogens with two attached hydrogens (primary N) is 1. The van der Waals surface area contributed by atoms with E-state index in [1.165, 1.54) is 0 Å². The van der Waals surface area contributed by atoms with Crippen molar-refractivity contribution in [3.63, 3.8) is 0 Å². The number of hydrazone groups is 1. The molecule has 0 spiro atoms. The van der Waals surface area contributed by atoms with Crippen LogP contribution in [0, 0.1) is 0 Å². The molecule has 3 N–H and O–H groups in total. The van der Waals surface area contributed by atoms with Gasteiger partial charge in [0.15, 0.2) is 17.4 Å². The molecule has 148 valence electrons. The largest absolute Gasteiger partial charge is 0.399 e. The van der Waals surface area contributed by atoms with Gasteiger partial charge in [-0.25, -0.2) is 4.21 Å². The molecular weight excluding hydrogens is 394 g/mol. The van der Waals surface area contributed by atoms with E-state index in [2.05, 4.69) is 6.92 Å². The van der Waals surface area contributed by atoms with Crippen LogP contribution in [0.3, 0.4) is 0 Å². The molecular formula is C20H23N3O3S2. The first-order valence-electron chi connectivity index (χ1n) is 8.97. The summed E-state index contributed by atoms with van der Waals surface area (Å²) in [5, 5.41) is 6.39. The molecule has 1 aliphatic heterocycles. The van der Waals surface area contributed by atoms with Gasteiger partial charge < -0.3 is 15.1 Å². The summed E-state index contributed by atoms with van der Waals surface area (Å²) in [4.78, 5) is 11.7. The number of nitrogen functional groups attached to an aromatic ring is 1. The number of thioether (sulfide) groups is 1. The Kier molecular flexibility index (Phi) is 6.88.